The van der Waals surface area contributed by atoms with Gasteiger partial charge in [-0.05, 0) is 49.2 Å². The Labute approximate surface area is 157 Å². The van der Waals surface area contributed by atoms with Crippen LogP contribution in [0, 0.1) is 0 Å². The lowest BCUT2D eigenvalue weighted by Crippen LogP contribution is -2.16. The first kappa shape index (κ1) is 17.2. The van der Waals surface area contributed by atoms with Gasteiger partial charge in [-0.3, -0.25) is 9.36 Å². The summed E-state index contributed by atoms with van der Waals surface area (Å²) in [5.41, 5.74) is 1.18. The summed E-state index contributed by atoms with van der Waals surface area (Å²) in [6, 6.07) is 10.8. The monoisotopic (exact) mass is 364 g/mol. The van der Waals surface area contributed by atoms with E-state index < -0.39 is 0 Å². The average molecular weight is 364 g/mol. The number of pyridine rings is 1. The molecule has 3 heterocycles. The summed E-state index contributed by atoms with van der Waals surface area (Å²) in [5.74, 6) is 1.25. The molecule has 0 radical (unpaired) electrons. The predicted octanol–water partition coefficient (Wildman–Crippen LogP) is 3.08. The molecule has 2 aromatic heterocycles. The zero-order chi connectivity index (χ0) is 18.5. The zero-order valence-electron chi connectivity index (χ0n) is 14.7. The van der Waals surface area contributed by atoms with E-state index in [-0.39, 0.29) is 12.0 Å². The Bertz CT molecular complexity index is 871. The van der Waals surface area contributed by atoms with Crippen molar-refractivity contribution in [2.75, 3.05) is 18.5 Å². The number of carbonyl (C=O) groups is 1. The lowest BCUT2D eigenvalue weighted by molar-refractivity contribution is 0.0679. The molecule has 1 atom stereocenters. The SMILES string of the molecule is O=C(Nc1ccc(OC[C@H]2CCCO2)cc1)c1ccc(-n2ccnc2)nc1. The topological polar surface area (TPSA) is 78.3 Å². The molecular weight excluding hydrogens is 344 g/mol. The third-order valence-electron chi connectivity index (χ3n) is 4.35. The van der Waals surface area contributed by atoms with Gasteiger partial charge in [-0.15, -0.1) is 0 Å². The van der Waals surface area contributed by atoms with Crippen molar-refractivity contribution >= 4 is 11.6 Å². The van der Waals surface area contributed by atoms with E-state index in [0.717, 1.165) is 25.2 Å². The highest BCUT2D eigenvalue weighted by atomic mass is 16.5. The lowest BCUT2D eigenvalue weighted by atomic mass is 10.2. The number of imidazole rings is 1. The Kier molecular flexibility index (Phi) is 5.11. The number of nitrogens with one attached hydrogen (secondary N) is 1. The summed E-state index contributed by atoms with van der Waals surface area (Å²) in [6.07, 6.45) is 9.00. The van der Waals surface area contributed by atoms with Gasteiger partial charge in [0, 0.05) is 30.9 Å². The highest BCUT2D eigenvalue weighted by Crippen LogP contribution is 2.19. The first-order chi connectivity index (χ1) is 13.3. The summed E-state index contributed by atoms with van der Waals surface area (Å²) in [4.78, 5) is 20.6. The fourth-order valence-corrected chi connectivity index (χ4v) is 2.87. The Morgan fingerprint density at radius 3 is 2.81 bits per heavy atom. The fourth-order valence-electron chi connectivity index (χ4n) is 2.87. The Morgan fingerprint density at radius 1 is 1.26 bits per heavy atom. The number of aromatic nitrogens is 3. The van der Waals surface area contributed by atoms with Crippen LogP contribution in [0.2, 0.25) is 0 Å². The number of rotatable bonds is 6. The van der Waals surface area contributed by atoms with Crippen LogP contribution in [0.15, 0.2) is 61.3 Å². The average Bonchev–Trinajstić information content (AvgIpc) is 3.42. The van der Waals surface area contributed by atoms with Crippen molar-refractivity contribution in [1.82, 2.24) is 14.5 Å². The second-order valence-electron chi connectivity index (χ2n) is 6.30. The molecular formula is C20H20N4O3. The quantitative estimate of drug-likeness (QED) is 0.727. The molecule has 3 aromatic rings. The largest absolute Gasteiger partial charge is 0.491 e. The van der Waals surface area contributed by atoms with E-state index >= 15 is 0 Å². The van der Waals surface area contributed by atoms with Gasteiger partial charge in [-0.1, -0.05) is 0 Å². The molecule has 1 N–H and O–H groups in total. The maximum Gasteiger partial charge on any atom is 0.257 e. The van der Waals surface area contributed by atoms with Crippen LogP contribution in [-0.2, 0) is 4.74 Å². The number of anilines is 1. The number of carbonyl (C=O) groups excluding carboxylic acids is 1. The molecule has 0 bridgehead atoms. The molecule has 1 amide bonds. The zero-order valence-corrected chi connectivity index (χ0v) is 14.7. The summed E-state index contributed by atoms with van der Waals surface area (Å²) in [5, 5.41) is 2.86. The molecule has 0 spiro atoms. The van der Waals surface area contributed by atoms with Crippen molar-refractivity contribution in [3.63, 3.8) is 0 Å². The van der Waals surface area contributed by atoms with Crippen LogP contribution in [0.4, 0.5) is 5.69 Å². The standard InChI is InChI=1S/C20H20N4O3/c25-20(15-3-8-19(22-12-15)24-10-9-21-14-24)23-16-4-6-17(7-5-16)27-13-18-2-1-11-26-18/h3-10,12,14,18H,1-2,11,13H2,(H,23,25)/t18-/m1/s1. The normalized spacial score (nSPS) is 16.2. The number of ether oxygens (including phenoxy) is 2. The third-order valence-corrected chi connectivity index (χ3v) is 4.35. The van der Waals surface area contributed by atoms with Crippen LogP contribution >= 0.6 is 0 Å². The smallest absolute Gasteiger partial charge is 0.257 e. The third kappa shape index (κ3) is 4.32. The molecule has 7 nitrogen and oxygen atoms in total. The molecule has 4 rings (SSSR count). The van der Waals surface area contributed by atoms with E-state index in [1.165, 1.54) is 0 Å². The Hall–Kier alpha value is -3.19. The van der Waals surface area contributed by atoms with Gasteiger partial charge in [0.15, 0.2) is 0 Å². The summed E-state index contributed by atoms with van der Waals surface area (Å²) in [6.45, 7) is 1.37. The first-order valence-electron chi connectivity index (χ1n) is 8.88. The van der Waals surface area contributed by atoms with E-state index in [2.05, 4.69) is 15.3 Å². The second-order valence-corrected chi connectivity index (χ2v) is 6.30. The van der Waals surface area contributed by atoms with Crippen molar-refractivity contribution in [1.29, 1.82) is 0 Å². The minimum absolute atomic E-state index is 0.183. The summed E-state index contributed by atoms with van der Waals surface area (Å²) >= 11 is 0. The lowest BCUT2D eigenvalue weighted by Gasteiger charge is -2.12. The molecule has 138 valence electrons. The van der Waals surface area contributed by atoms with E-state index in [0.29, 0.717) is 23.7 Å². The highest BCUT2D eigenvalue weighted by Gasteiger charge is 2.16. The molecule has 1 aliphatic rings. The van der Waals surface area contributed by atoms with Gasteiger partial charge < -0.3 is 14.8 Å². The number of hydrogen-bond donors (Lipinski definition) is 1. The maximum atomic E-state index is 12.4. The van der Waals surface area contributed by atoms with Crippen LogP contribution in [0.3, 0.4) is 0 Å². The van der Waals surface area contributed by atoms with E-state index in [9.17, 15) is 4.79 Å². The van der Waals surface area contributed by atoms with Crippen molar-refractivity contribution < 1.29 is 14.3 Å². The molecule has 27 heavy (non-hydrogen) atoms. The van der Waals surface area contributed by atoms with Crippen molar-refractivity contribution in [2.24, 2.45) is 0 Å². The van der Waals surface area contributed by atoms with Gasteiger partial charge in [-0.25, -0.2) is 9.97 Å². The predicted molar refractivity (Wildman–Crippen MR) is 100 cm³/mol. The van der Waals surface area contributed by atoms with E-state index in [4.69, 9.17) is 9.47 Å². The van der Waals surface area contributed by atoms with Gasteiger partial charge >= 0.3 is 0 Å². The van der Waals surface area contributed by atoms with Gasteiger partial charge in [0.05, 0.1) is 11.7 Å². The van der Waals surface area contributed by atoms with Crippen LogP contribution in [0.25, 0.3) is 5.82 Å². The molecule has 1 fully saturated rings. The van der Waals surface area contributed by atoms with Crippen molar-refractivity contribution in [3.8, 4) is 11.6 Å². The Morgan fingerprint density at radius 2 is 2.15 bits per heavy atom. The van der Waals surface area contributed by atoms with E-state index in [1.54, 1.807) is 41.6 Å². The summed E-state index contributed by atoms with van der Waals surface area (Å²) < 4.78 is 13.0. The van der Waals surface area contributed by atoms with Crippen LogP contribution in [0.5, 0.6) is 5.75 Å². The number of nitrogens with zero attached hydrogens (tertiary/aromatic N) is 3. The highest BCUT2D eigenvalue weighted by molar-refractivity contribution is 6.04. The number of amides is 1. The minimum Gasteiger partial charge on any atom is -0.491 e. The van der Waals surface area contributed by atoms with E-state index in [1.807, 2.05) is 24.3 Å². The molecule has 1 aliphatic heterocycles. The second kappa shape index (κ2) is 8.01. The number of hydrogen-bond acceptors (Lipinski definition) is 5. The van der Waals surface area contributed by atoms with Crippen LogP contribution in [-0.4, -0.2) is 39.8 Å². The van der Waals surface area contributed by atoms with Gasteiger partial charge in [-0.2, -0.15) is 0 Å². The molecule has 0 unspecified atom stereocenters. The molecule has 1 saturated heterocycles. The molecule has 7 heteroatoms. The minimum atomic E-state index is -0.215. The number of benzene rings is 1. The maximum absolute atomic E-state index is 12.4. The van der Waals surface area contributed by atoms with Crippen molar-refractivity contribution in [3.05, 3.63) is 66.9 Å². The Balaban J connectivity index is 1.33. The summed E-state index contributed by atoms with van der Waals surface area (Å²) in [7, 11) is 0. The van der Waals surface area contributed by atoms with Gasteiger partial charge in [0.1, 0.15) is 24.5 Å². The van der Waals surface area contributed by atoms with Crippen LogP contribution < -0.4 is 10.1 Å². The fraction of sp³-hybridized carbons (Fsp3) is 0.250. The molecule has 1 aromatic carbocycles. The molecule has 0 aliphatic carbocycles. The molecule has 0 saturated carbocycles. The first-order valence-corrected chi connectivity index (χ1v) is 8.88. The van der Waals surface area contributed by atoms with Crippen molar-refractivity contribution in [2.45, 2.75) is 18.9 Å². The van der Waals surface area contributed by atoms with Gasteiger partial charge in [0.2, 0.25) is 0 Å². The van der Waals surface area contributed by atoms with Crippen LogP contribution in [0.1, 0.15) is 23.2 Å². The van der Waals surface area contributed by atoms with Gasteiger partial charge in [0.25, 0.3) is 5.91 Å².